The highest BCUT2D eigenvalue weighted by atomic mass is 16.2. The Hall–Kier alpha value is -1.91. The van der Waals surface area contributed by atoms with E-state index in [0.29, 0.717) is 11.8 Å². The Kier molecular flexibility index (Phi) is 4.25. The molecule has 1 saturated carbocycles. The third kappa shape index (κ3) is 2.70. The van der Waals surface area contributed by atoms with E-state index in [2.05, 4.69) is 21.4 Å². The van der Waals surface area contributed by atoms with Gasteiger partial charge in [-0.1, -0.05) is 19.3 Å². The number of hydrogen-bond donors (Lipinski definition) is 0. The summed E-state index contributed by atoms with van der Waals surface area (Å²) in [6.07, 6.45) is 8.72. The highest BCUT2D eigenvalue weighted by molar-refractivity contribution is 5.79. The summed E-state index contributed by atoms with van der Waals surface area (Å²) in [6, 6.07) is 3.96. The number of pyridine rings is 1. The lowest BCUT2D eigenvalue weighted by molar-refractivity contribution is -0.135. The fourth-order valence-electron chi connectivity index (χ4n) is 4.38. The fraction of sp³-hybridized carbons (Fsp3) is 0.632. The predicted octanol–water partition coefficient (Wildman–Crippen LogP) is 3.35. The zero-order valence-electron chi connectivity index (χ0n) is 14.4. The van der Waals surface area contributed by atoms with Crippen molar-refractivity contribution in [3.8, 4) is 0 Å². The van der Waals surface area contributed by atoms with Gasteiger partial charge in [-0.25, -0.2) is 9.97 Å². The van der Waals surface area contributed by atoms with Crippen molar-refractivity contribution in [2.24, 2.45) is 5.92 Å². The average Bonchev–Trinajstić information content (AvgIpc) is 3.26. The molecule has 0 radical (unpaired) electrons. The van der Waals surface area contributed by atoms with Crippen molar-refractivity contribution in [2.45, 2.75) is 57.9 Å². The van der Waals surface area contributed by atoms with Crippen molar-refractivity contribution >= 4 is 17.1 Å². The number of rotatable bonds is 3. The normalized spacial score (nSPS) is 22.4. The van der Waals surface area contributed by atoms with Crippen LogP contribution in [0.5, 0.6) is 0 Å². The Morgan fingerprint density at radius 2 is 2.08 bits per heavy atom. The molecular formula is C19H26N4O. The van der Waals surface area contributed by atoms with Gasteiger partial charge in [0.25, 0.3) is 0 Å². The second-order valence-electron chi connectivity index (χ2n) is 7.17. The van der Waals surface area contributed by atoms with Crippen LogP contribution in [0.4, 0.5) is 0 Å². The van der Waals surface area contributed by atoms with E-state index in [-0.39, 0.29) is 5.92 Å². The Labute approximate surface area is 143 Å². The number of fused-ring (bicyclic) bond motifs is 1. The molecule has 2 aliphatic rings. The molecule has 0 unspecified atom stereocenters. The smallest absolute Gasteiger partial charge is 0.225 e. The van der Waals surface area contributed by atoms with Gasteiger partial charge in [0.1, 0.15) is 11.3 Å². The van der Waals surface area contributed by atoms with Gasteiger partial charge in [0, 0.05) is 37.7 Å². The van der Waals surface area contributed by atoms with Crippen LogP contribution in [0.25, 0.3) is 11.2 Å². The van der Waals surface area contributed by atoms with Crippen LogP contribution in [0.3, 0.4) is 0 Å². The van der Waals surface area contributed by atoms with Crippen molar-refractivity contribution in [3.63, 3.8) is 0 Å². The minimum Gasteiger partial charge on any atom is -0.342 e. The molecule has 0 N–H and O–H groups in total. The number of aromatic nitrogens is 3. The van der Waals surface area contributed by atoms with Crippen LogP contribution in [-0.4, -0.2) is 38.4 Å². The molecule has 2 aromatic heterocycles. The van der Waals surface area contributed by atoms with Crippen molar-refractivity contribution in [2.75, 3.05) is 13.1 Å². The maximum Gasteiger partial charge on any atom is 0.225 e. The molecule has 0 aromatic carbocycles. The van der Waals surface area contributed by atoms with E-state index in [4.69, 9.17) is 4.98 Å². The Morgan fingerprint density at radius 3 is 2.88 bits per heavy atom. The average molecular weight is 326 g/mol. The number of nitrogens with zero attached hydrogens (tertiary/aromatic N) is 4. The lowest BCUT2D eigenvalue weighted by Crippen LogP contribution is -2.35. The lowest BCUT2D eigenvalue weighted by Gasteiger charge is -2.26. The molecule has 4 rings (SSSR count). The van der Waals surface area contributed by atoms with E-state index < -0.39 is 0 Å². The molecule has 2 fully saturated rings. The Balaban J connectivity index is 1.53. The summed E-state index contributed by atoms with van der Waals surface area (Å²) in [5.74, 6) is 2.09. The van der Waals surface area contributed by atoms with Crippen LogP contribution in [0.2, 0.25) is 0 Å². The van der Waals surface area contributed by atoms with Gasteiger partial charge in [-0.3, -0.25) is 4.79 Å². The van der Waals surface area contributed by atoms with Gasteiger partial charge in [0.05, 0.1) is 0 Å². The first kappa shape index (κ1) is 15.6. The second kappa shape index (κ2) is 6.54. The van der Waals surface area contributed by atoms with Crippen LogP contribution >= 0.6 is 0 Å². The van der Waals surface area contributed by atoms with E-state index >= 15 is 0 Å². The van der Waals surface area contributed by atoms with Crippen LogP contribution in [0.1, 0.15) is 57.2 Å². The van der Waals surface area contributed by atoms with Gasteiger partial charge in [-0.15, -0.1) is 0 Å². The van der Waals surface area contributed by atoms with E-state index in [1.807, 2.05) is 18.3 Å². The third-order valence-electron chi connectivity index (χ3n) is 5.67. The second-order valence-corrected chi connectivity index (χ2v) is 7.17. The highest BCUT2D eigenvalue weighted by Crippen LogP contribution is 2.32. The molecule has 0 bridgehead atoms. The summed E-state index contributed by atoms with van der Waals surface area (Å²) in [5.41, 5.74) is 1.93. The zero-order chi connectivity index (χ0) is 16.5. The number of likely N-dealkylation sites (tertiary alicyclic amines) is 1. The predicted molar refractivity (Wildman–Crippen MR) is 93.7 cm³/mol. The molecule has 3 heterocycles. The van der Waals surface area contributed by atoms with Gasteiger partial charge >= 0.3 is 0 Å². The standard InChI is InChI=1S/C19H26N4O/c1-2-23-17(21-16-9-6-11-20-18(16)23)15-10-12-22(13-15)19(24)14-7-4-3-5-8-14/h6,9,11,14-15H,2-5,7-8,10,12-13H2,1H3/t15-/m0/s1. The molecule has 2 aromatic rings. The van der Waals surface area contributed by atoms with Gasteiger partial charge in [-0.05, 0) is 38.3 Å². The number of aryl methyl sites for hydroxylation is 1. The van der Waals surface area contributed by atoms with Gasteiger partial charge in [-0.2, -0.15) is 0 Å². The van der Waals surface area contributed by atoms with Gasteiger partial charge < -0.3 is 9.47 Å². The number of amides is 1. The van der Waals surface area contributed by atoms with Crippen molar-refractivity contribution in [1.29, 1.82) is 0 Å². The van der Waals surface area contributed by atoms with Crippen molar-refractivity contribution in [3.05, 3.63) is 24.2 Å². The monoisotopic (exact) mass is 326 g/mol. The molecule has 5 nitrogen and oxygen atoms in total. The van der Waals surface area contributed by atoms with E-state index in [1.165, 1.54) is 19.3 Å². The number of carbonyl (C=O) groups is 1. The van der Waals surface area contributed by atoms with Gasteiger partial charge in [0.15, 0.2) is 5.65 Å². The highest BCUT2D eigenvalue weighted by Gasteiger charge is 2.34. The van der Waals surface area contributed by atoms with Crippen LogP contribution in [-0.2, 0) is 11.3 Å². The molecule has 1 aliphatic carbocycles. The molecule has 128 valence electrons. The quantitative estimate of drug-likeness (QED) is 0.869. The first-order valence-electron chi connectivity index (χ1n) is 9.38. The van der Waals surface area contributed by atoms with Crippen molar-refractivity contribution < 1.29 is 4.79 Å². The first-order chi connectivity index (χ1) is 11.8. The summed E-state index contributed by atoms with van der Waals surface area (Å²) < 4.78 is 2.22. The summed E-state index contributed by atoms with van der Waals surface area (Å²) in [6.45, 7) is 4.70. The maximum absolute atomic E-state index is 12.8. The first-order valence-corrected chi connectivity index (χ1v) is 9.38. The third-order valence-corrected chi connectivity index (χ3v) is 5.67. The number of imidazole rings is 1. The summed E-state index contributed by atoms with van der Waals surface area (Å²) in [5, 5.41) is 0. The Bertz CT molecular complexity index is 732. The number of hydrogen-bond acceptors (Lipinski definition) is 3. The molecule has 5 heteroatoms. The SMILES string of the molecule is CCn1c([C@H]2CCN(C(=O)C3CCCCC3)C2)nc2cccnc21. The molecule has 1 saturated heterocycles. The minimum absolute atomic E-state index is 0.268. The molecule has 1 aliphatic heterocycles. The fourth-order valence-corrected chi connectivity index (χ4v) is 4.38. The topological polar surface area (TPSA) is 51.0 Å². The molecule has 0 spiro atoms. The van der Waals surface area contributed by atoms with Crippen LogP contribution in [0.15, 0.2) is 18.3 Å². The molecular weight excluding hydrogens is 300 g/mol. The number of carbonyl (C=O) groups excluding carboxylic acids is 1. The maximum atomic E-state index is 12.8. The molecule has 24 heavy (non-hydrogen) atoms. The van der Waals surface area contributed by atoms with Crippen LogP contribution < -0.4 is 0 Å². The minimum atomic E-state index is 0.268. The zero-order valence-corrected chi connectivity index (χ0v) is 14.4. The largest absolute Gasteiger partial charge is 0.342 e. The molecule has 1 amide bonds. The molecule has 1 atom stereocenters. The summed E-state index contributed by atoms with van der Waals surface area (Å²) >= 11 is 0. The van der Waals surface area contributed by atoms with Crippen LogP contribution in [0, 0.1) is 5.92 Å². The summed E-state index contributed by atoms with van der Waals surface area (Å²) in [4.78, 5) is 24.2. The Morgan fingerprint density at radius 1 is 1.25 bits per heavy atom. The summed E-state index contributed by atoms with van der Waals surface area (Å²) in [7, 11) is 0. The lowest BCUT2D eigenvalue weighted by atomic mass is 9.88. The van der Waals surface area contributed by atoms with E-state index in [9.17, 15) is 4.79 Å². The van der Waals surface area contributed by atoms with E-state index in [1.54, 1.807) is 0 Å². The van der Waals surface area contributed by atoms with Crippen molar-refractivity contribution in [1.82, 2.24) is 19.4 Å². The van der Waals surface area contributed by atoms with E-state index in [0.717, 1.165) is 55.9 Å². The van der Waals surface area contributed by atoms with Gasteiger partial charge in [0.2, 0.25) is 5.91 Å².